The number of aromatic amines is 1. The van der Waals surface area contributed by atoms with Gasteiger partial charge in [-0.05, 0) is 6.92 Å². The second-order valence-corrected chi connectivity index (χ2v) is 3.79. The first-order valence-corrected chi connectivity index (χ1v) is 5.04. The third-order valence-electron chi connectivity index (χ3n) is 2.31. The third-order valence-corrected chi connectivity index (χ3v) is 2.31. The Morgan fingerprint density at radius 1 is 1.65 bits per heavy atom. The Hall–Kier alpha value is -2.31. The fourth-order valence-corrected chi connectivity index (χ4v) is 1.46. The summed E-state index contributed by atoms with van der Waals surface area (Å²) in [5.74, 6) is 0.475. The van der Waals surface area contributed by atoms with E-state index in [0.717, 1.165) is 0 Å². The van der Waals surface area contributed by atoms with E-state index in [4.69, 9.17) is 10.3 Å². The number of H-pyrrole nitrogens is 1. The molecule has 7 heteroatoms. The number of carbonyl (C=O) groups excluding carboxylic acids is 1. The van der Waals surface area contributed by atoms with Gasteiger partial charge >= 0.3 is 0 Å². The van der Waals surface area contributed by atoms with Crippen LogP contribution in [0.2, 0.25) is 0 Å². The standard InChI is InChI=1S/C10H13N5O2/c1-6-3-7(14-17-6)5-15(2)10(16)9-8(11)4-12-13-9/h3-4H,5,11H2,1-2H3,(H,12,13). The Bertz CT molecular complexity index is 530. The minimum absolute atomic E-state index is 0.236. The molecular formula is C10H13N5O2. The molecule has 0 aliphatic heterocycles. The number of hydrogen-bond acceptors (Lipinski definition) is 5. The van der Waals surface area contributed by atoms with Crippen LogP contribution in [-0.2, 0) is 6.54 Å². The quantitative estimate of drug-likeness (QED) is 0.809. The molecule has 0 aliphatic carbocycles. The molecule has 0 radical (unpaired) electrons. The van der Waals surface area contributed by atoms with E-state index in [1.165, 1.54) is 11.1 Å². The average Bonchev–Trinajstić information content (AvgIpc) is 2.86. The van der Waals surface area contributed by atoms with Gasteiger partial charge in [0.25, 0.3) is 5.91 Å². The molecule has 2 aromatic heterocycles. The second kappa shape index (κ2) is 4.28. The van der Waals surface area contributed by atoms with Gasteiger partial charge in [-0.15, -0.1) is 0 Å². The van der Waals surface area contributed by atoms with Crippen molar-refractivity contribution < 1.29 is 9.32 Å². The first-order chi connectivity index (χ1) is 8.08. The zero-order chi connectivity index (χ0) is 12.4. The molecule has 0 unspecified atom stereocenters. The number of carbonyl (C=O) groups is 1. The lowest BCUT2D eigenvalue weighted by Gasteiger charge is -2.14. The van der Waals surface area contributed by atoms with E-state index in [0.29, 0.717) is 23.7 Å². The molecule has 0 spiro atoms. The van der Waals surface area contributed by atoms with Crippen LogP contribution in [0.15, 0.2) is 16.8 Å². The fourth-order valence-electron chi connectivity index (χ4n) is 1.46. The summed E-state index contributed by atoms with van der Waals surface area (Å²) in [6, 6.07) is 1.78. The minimum Gasteiger partial charge on any atom is -0.396 e. The highest BCUT2D eigenvalue weighted by atomic mass is 16.5. The van der Waals surface area contributed by atoms with Crippen molar-refractivity contribution >= 4 is 11.6 Å². The smallest absolute Gasteiger partial charge is 0.274 e. The number of rotatable bonds is 3. The number of aromatic nitrogens is 3. The predicted octanol–water partition coefficient (Wildman–Crippen LogP) is 0.561. The summed E-state index contributed by atoms with van der Waals surface area (Å²) < 4.78 is 4.93. The van der Waals surface area contributed by atoms with Gasteiger partial charge in [-0.3, -0.25) is 9.89 Å². The van der Waals surface area contributed by atoms with Crippen LogP contribution in [0.25, 0.3) is 0 Å². The van der Waals surface area contributed by atoms with Gasteiger partial charge in [0.15, 0.2) is 0 Å². The van der Waals surface area contributed by atoms with E-state index >= 15 is 0 Å². The Morgan fingerprint density at radius 3 is 2.94 bits per heavy atom. The van der Waals surface area contributed by atoms with Crippen molar-refractivity contribution in [2.45, 2.75) is 13.5 Å². The van der Waals surface area contributed by atoms with Crippen LogP contribution in [0.5, 0.6) is 0 Å². The molecule has 0 bridgehead atoms. The Balaban J connectivity index is 2.08. The zero-order valence-electron chi connectivity index (χ0n) is 9.60. The summed E-state index contributed by atoms with van der Waals surface area (Å²) in [4.78, 5) is 13.4. The van der Waals surface area contributed by atoms with E-state index in [9.17, 15) is 4.79 Å². The van der Waals surface area contributed by atoms with Crippen molar-refractivity contribution in [1.82, 2.24) is 20.3 Å². The maximum atomic E-state index is 12.0. The number of nitrogens with one attached hydrogen (secondary N) is 1. The minimum atomic E-state index is -0.236. The molecule has 0 aliphatic rings. The van der Waals surface area contributed by atoms with Gasteiger partial charge in [0.05, 0.1) is 18.4 Å². The molecule has 2 rings (SSSR count). The molecule has 90 valence electrons. The topological polar surface area (TPSA) is 101 Å². The van der Waals surface area contributed by atoms with Crippen LogP contribution in [0.3, 0.4) is 0 Å². The van der Waals surface area contributed by atoms with Crippen LogP contribution in [-0.4, -0.2) is 33.2 Å². The van der Waals surface area contributed by atoms with E-state index in [1.807, 2.05) is 0 Å². The van der Waals surface area contributed by atoms with Gasteiger partial charge in [0.2, 0.25) is 0 Å². The number of anilines is 1. The number of nitrogens with two attached hydrogens (primary N) is 1. The predicted molar refractivity (Wildman–Crippen MR) is 60.0 cm³/mol. The van der Waals surface area contributed by atoms with Crippen molar-refractivity contribution in [2.24, 2.45) is 0 Å². The van der Waals surface area contributed by atoms with Gasteiger partial charge < -0.3 is 15.2 Å². The van der Waals surface area contributed by atoms with Crippen LogP contribution in [0.4, 0.5) is 5.69 Å². The molecule has 3 N–H and O–H groups in total. The molecule has 0 saturated heterocycles. The lowest BCUT2D eigenvalue weighted by atomic mass is 10.3. The number of aryl methyl sites for hydroxylation is 1. The highest BCUT2D eigenvalue weighted by molar-refractivity contribution is 5.96. The third kappa shape index (κ3) is 2.27. The summed E-state index contributed by atoms with van der Waals surface area (Å²) in [5.41, 5.74) is 6.91. The van der Waals surface area contributed by atoms with E-state index in [-0.39, 0.29) is 11.6 Å². The van der Waals surface area contributed by atoms with Gasteiger partial charge in [-0.25, -0.2) is 0 Å². The summed E-state index contributed by atoms with van der Waals surface area (Å²) >= 11 is 0. The van der Waals surface area contributed by atoms with Gasteiger partial charge in [-0.2, -0.15) is 5.10 Å². The van der Waals surface area contributed by atoms with Crippen molar-refractivity contribution in [2.75, 3.05) is 12.8 Å². The fraction of sp³-hybridized carbons (Fsp3) is 0.300. The summed E-state index contributed by atoms with van der Waals surface area (Å²) in [6.45, 7) is 2.15. The maximum Gasteiger partial charge on any atom is 0.274 e. The normalized spacial score (nSPS) is 10.5. The number of nitrogens with zero attached hydrogens (tertiary/aromatic N) is 3. The molecule has 2 heterocycles. The van der Waals surface area contributed by atoms with Crippen LogP contribution in [0.1, 0.15) is 21.9 Å². The first kappa shape index (κ1) is 11.2. The molecular weight excluding hydrogens is 222 g/mol. The van der Waals surface area contributed by atoms with Crippen molar-refractivity contribution in [3.63, 3.8) is 0 Å². The first-order valence-electron chi connectivity index (χ1n) is 5.04. The van der Waals surface area contributed by atoms with Gasteiger partial charge in [0, 0.05) is 13.1 Å². The summed E-state index contributed by atoms with van der Waals surface area (Å²) in [6.07, 6.45) is 1.40. The SMILES string of the molecule is Cc1cc(CN(C)C(=O)c2[nH]ncc2N)no1. The molecule has 0 fully saturated rings. The van der Waals surface area contributed by atoms with Crippen LogP contribution in [0, 0.1) is 6.92 Å². The maximum absolute atomic E-state index is 12.0. The van der Waals surface area contributed by atoms with Crippen LogP contribution >= 0.6 is 0 Å². The monoisotopic (exact) mass is 235 g/mol. The summed E-state index contributed by atoms with van der Waals surface area (Å²) in [5, 5.41) is 10.1. The Labute approximate surface area is 97.6 Å². The highest BCUT2D eigenvalue weighted by Crippen LogP contribution is 2.11. The largest absolute Gasteiger partial charge is 0.396 e. The average molecular weight is 235 g/mol. The van der Waals surface area contributed by atoms with Crippen molar-refractivity contribution in [3.8, 4) is 0 Å². The van der Waals surface area contributed by atoms with Crippen LogP contribution < -0.4 is 5.73 Å². The number of nitrogen functional groups attached to an aromatic ring is 1. The molecule has 7 nitrogen and oxygen atoms in total. The number of hydrogen-bond donors (Lipinski definition) is 2. The molecule has 0 atom stereocenters. The summed E-state index contributed by atoms with van der Waals surface area (Å²) in [7, 11) is 1.66. The molecule has 0 saturated carbocycles. The second-order valence-electron chi connectivity index (χ2n) is 3.79. The zero-order valence-corrected chi connectivity index (χ0v) is 9.60. The Morgan fingerprint density at radius 2 is 2.41 bits per heavy atom. The van der Waals surface area contributed by atoms with Crippen molar-refractivity contribution in [3.05, 3.63) is 29.4 Å². The van der Waals surface area contributed by atoms with E-state index in [1.54, 1.807) is 20.0 Å². The van der Waals surface area contributed by atoms with Gasteiger partial charge in [0.1, 0.15) is 17.1 Å². The van der Waals surface area contributed by atoms with Crippen molar-refractivity contribution in [1.29, 1.82) is 0 Å². The lowest BCUT2D eigenvalue weighted by Crippen LogP contribution is -2.27. The number of amides is 1. The van der Waals surface area contributed by atoms with Gasteiger partial charge in [-0.1, -0.05) is 5.16 Å². The molecule has 0 aromatic carbocycles. The van der Waals surface area contributed by atoms with E-state index < -0.39 is 0 Å². The Kier molecular flexibility index (Phi) is 2.82. The molecule has 1 amide bonds. The molecule has 2 aromatic rings. The van der Waals surface area contributed by atoms with E-state index in [2.05, 4.69) is 15.4 Å². The lowest BCUT2D eigenvalue weighted by molar-refractivity contribution is 0.0777. The highest BCUT2D eigenvalue weighted by Gasteiger charge is 2.17. The molecule has 17 heavy (non-hydrogen) atoms.